The summed E-state index contributed by atoms with van der Waals surface area (Å²) in [6.07, 6.45) is 3.72. The van der Waals surface area contributed by atoms with E-state index in [1.165, 1.54) is 17.2 Å². The van der Waals surface area contributed by atoms with Gasteiger partial charge in [-0.05, 0) is 54.2 Å². The molecule has 1 aliphatic heterocycles. The van der Waals surface area contributed by atoms with E-state index in [1.807, 2.05) is 6.07 Å². The van der Waals surface area contributed by atoms with Gasteiger partial charge in [-0.25, -0.2) is 4.39 Å². The maximum absolute atomic E-state index is 13.2. The summed E-state index contributed by atoms with van der Waals surface area (Å²) in [5.74, 6) is 1.65. The van der Waals surface area contributed by atoms with Crippen molar-refractivity contribution in [2.45, 2.75) is 25.7 Å². The van der Waals surface area contributed by atoms with Gasteiger partial charge in [-0.1, -0.05) is 24.3 Å². The van der Waals surface area contributed by atoms with E-state index < -0.39 is 0 Å². The first-order valence-corrected chi connectivity index (χ1v) is 9.18. The molecule has 0 unspecified atom stereocenters. The highest BCUT2D eigenvalue weighted by atomic mass is 127. The lowest BCUT2D eigenvalue weighted by Crippen LogP contribution is -2.38. The molecule has 0 radical (unpaired) electrons. The Labute approximate surface area is 177 Å². The monoisotopic (exact) mass is 483 g/mol. The van der Waals surface area contributed by atoms with Crippen LogP contribution in [-0.2, 0) is 19.3 Å². The van der Waals surface area contributed by atoms with Crippen LogP contribution in [0.25, 0.3) is 0 Å². The maximum atomic E-state index is 13.2. The molecule has 0 saturated heterocycles. The third-order valence-electron chi connectivity index (χ3n) is 4.51. The molecule has 0 saturated carbocycles. The zero-order chi connectivity index (χ0) is 18.2. The molecular formula is C21H27FIN3O. The predicted molar refractivity (Wildman–Crippen MR) is 119 cm³/mol. The van der Waals surface area contributed by atoms with Crippen LogP contribution < -0.4 is 15.4 Å². The Hall–Kier alpha value is -1.83. The van der Waals surface area contributed by atoms with E-state index in [4.69, 9.17) is 4.74 Å². The molecule has 0 spiro atoms. The second kappa shape index (κ2) is 11.1. The van der Waals surface area contributed by atoms with Gasteiger partial charge in [-0.3, -0.25) is 4.99 Å². The van der Waals surface area contributed by atoms with E-state index in [9.17, 15) is 4.39 Å². The van der Waals surface area contributed by atoms with E-state index in [-0.39, 0.29) is 29.8 Å². The number of fused-ring (bicyclic) bond motifs is 1. The highest BCUT2D eigenvalue weighted by Gasteiger charge is 2.11. The molecule has 1 heterocycles. The number of aliphatic imine (C=N–C) groups is 1. The van der Waals surface area contributed by atoms with Gasteiger partial charge in [0.05, 0.1) is 6.61 Å². The molecule has 4 nitrogen and oxygen atoms in total. The van der Waals surface area contributed by atoms with Crippen molar-refractivity contribution in [3.8, 4) is 5.75 Å². The molecule has 0 amide bonds. The number of nitrogens with zero attached hydrogens (tertiary/aromatic N) is 1. The van der Waals surface area contributed by atoms with Gasteiger partial charge in [0.2, 0.25) is 0 Å². The van der Waals surface area contributed by atoms with E-state index in [2.05, 4.69) is 33.8 Å². The lowest BCUT2D eigenvalue weighted by Gasteiger charge is -2.12. The van der Waals surface area contributed by atoms with Crippen molar-refractivity contribution >= 4 is 29.9 Å². The second-order valence-electron chi connectivity index (χ2n) is 6.45. The molecule has 3 rings (SSSR count). The summed E-state index contributed by atoms with van der Waals surface area (Å²) in [5.41, 5.74) is 3.64. The number of halogens is 2. The van der Waals surface area contributed by atoms with Crippen molar-refractivity contribution in [2.24, 2.45) is 4.99 Å². The Morgan fingerprint density at radius 1 is 1.07 bits per heavy atom. The van der Waals surface area contributed by atoms with Crippen LogP contribution in [-0.4, -0.2) is 32.7 Å². The first-order valence-electron chi connectivity index (χ1n) is 9.18. The number of benzene rings is 2. The smallest absolute Gasteiger partial charge is 0.190 e. The first kappa shape index (κ1) is 21.5. The van der Waals surface area contributed by atoms with Gasteiger partial charge in [0.1, 0.15) is 11.6 Å². The molecule has 1 aliphatic rings. The summed E-state index contributed by atoms with van der Waals surface area (Å²) in [5, 5.41) is 6.65. The fraction of sp³-hybridized carbons (Fsp3) is 0.381. The van der Waals surface area contributed by atoms with Crippen molar-refractivity contribution in [1.29, 1.82) is 0 Å². The molecule has 0 bridgehead atoms. The molecule has 27 heavy (non-hydrogen) atoms. The van der Waals surface area contributed by atoms with Crippen molar-refractivity contribution < 1.29 is 9.13 Å². The Morgan fingerprint density at radius 3 is 2.70 bits per heavy atom. The quantitative estimate of drug-likeness (QED) is 0.273. The van der Waals surface area contributed by atoms with E-state index >= 15 is 0 Å². The fourth-order valence-electron chi connectivity index (χ4n) is 3.13. The molecule has 2 aromatic carbocycles. The molecule has 2 aromatic rings. The van der Waals surface area contributed by atoms with E-state index in [1.54, 1.807) is 19.2 Å². The number of hydrogen-bond acceptors (Lipinski definition) is 2. The van der Waals surface area contributed by atoms with Crippen LogP contribution in [0.5, 0.6) is 5.75 Å². The fourth-order valence-corrected chi connectivity index (χ4v) is 3.13. The predicted octanol–water partition coefficient (Wildman–Crippen LogP) is 3.72. The minimum Gasteiger partial charge on any atom is -0.493 e. The molecule has 0 fully saturated rings. The van der Waals surface area contributed by atoms with Crippen molar-refractivity contribution in [3.05, 3.63) is 65.0 Å². The van der Waals surface area contributed by atoms with E-state index in [0.717, 1.165) is 62.7 Å². The third kappa shape index (κ3) is 6.68. The summed E-state index contributed by atoms with van der Waals surface area (Å²) < 4.78 is 18.7. The molecule has 146 valence electrons. The highest BCUT2D eigenvalue weighted by Crippen LogP contribution is 2.25. The standard InChI is InChI=1S/C21H26FN3O.HI/c1-23-21(24-11-3-5-16-4-2-6-19(22)15-16)25-12-9-17-7-8-20-18(14-17)10-13-26-20;/h2,4,6-8,14-15H,3,5,9-13H2,1H3,(H2,23,24,25);1H. The van der Waals surface area contributed by atoms with Crippen LogP contribution in [0.2, 0.25) is 0 Å². The van der Waals surface area contributed by atoms with Gasteiger partial charge in [0, 0.05) is 26.6 Å². The maximum Gasteiger partial charge on any atom is 0.190 e. The summed E-state index contributed by atoms with van der Waals surface area (Å²) in [4.78, 5) is 4.25. The minimum atomic E-state index is -0.175. The van der Waals surface area contributed by atoms with Crippen LogP contribution in [0.1, 0.15) is 23.1 Å². The average molecular weight is 483 g/mol. The summed E-state index contributed by atoms with van der Waals surface area (Å²) in [7, 11) is 1.77. The van der Waals surface area contributed by atoms with Crippen LogP contribution in [0.3, 0.4) is 0 Å². The number of ether oxygens (including phenoxy) is 1. The zero-order valence-corrected chi connectivity index (χ0v) is 18.0. The number of nitrogens with one attached hydrogen (secondary N) is 2. The van der Waals surface area contributed by atoms with Crippen LogP contribution >= 0.6 is 24.0 Å². The van der Waals surface area contributed by atoms with Crippen molar-refractivity contribution in [1.82, 2.24) is 10.6 Å². The van der Waals surface area contributed by atoms with Crippen LogP contribution in [0, 0.1) is 5.82 Å². The molecular weight excluding hydrogens is 456 g/mol. The number of hydrogen-bond donors (Lipinski definition) is 2. The number of aryl methyl sites for hydroxylation is 1. The van der Waals surface area contributed by atoms with Gasteiger partial charge in [-0.2, -0.15) is 0 Å². The van der Waals surface area contributed by atoms with Gasteiger partial charge in [-0.15, -0.1) is 24.0 Å². The Balaban J connectivity index is 0.00000261. The SMILES string of the molecule is CN=C(NCCCc1cccc(F)c1)NCCc1ccc2c(c1)CCO2.I. The molecule has 6 heteroatoms. The highest BCUT2D eigenvalue weighted by molar-refractivity contribution is 14.0. The average Bonchev–Trinajstić information content (AvgIpc) is 3.11. The van der Waals surface area contributed by atoms with Gasteiger partial charge in [0.25, 0.3) is 0 Å². The lowest BCUT2D eigenvalue weighted by atomic mass is 10.1. The van der Waals surface area contributed by atoms with Gasteiger partial charge in [0.15, 0.2) is 5.96 Å². The molecule has 0 aliphatic carbocycles. The van der Waals surface area contributed by atoms with Gasteiger partial charge >= 0.3 is 0 Å². The minimum absolute atomic E-state index is 0. The second-order valence-corrected chi connectivity index (χ2v) is 6.45. The summed E-state index contributed by atoms with van der Waals surface area (Å²) >= 11 is 0. The molecule has 0 aromatic heterocycles. The summed E-state index contributed by atoms with van der Waals surface area (Å²) in [6.45, 7) is 2.42. The normalized spacial score (nSPS) is 12.7. The van der Waals surface area contributed by atoms with Gasteiger partial charge < -0.3 is 15.4 Å². The zero-order valence-electron chi connectivity index (χ0n) is 15.6. The number of rotatable bonds is 7. The third-order valence-corrected chi connectivity index (χ3v) is 4.51. The Bertz CT molecular complexity index is 767. The van der Waals surface area contributed by atoms with Crippen LogP contribution in [0.4, 0.5) is 4.39 Å². The Kier molecular flexibility index (Phi) is 8.84. The van der Waals surface area contributed by atoms with Crippen molar-refractivity contribution in [2.75, 3.05) is 26.7 Å². The number of guanidine groups is 1. The molecule has 2 N–H and O–H groups in total. The van der Waals surface area contributed by atoms with Crippen LogP contribution in [0.15, 0.2) is 47.5 Å². The molecule has 0 atom stereocenters. The topological polar surface area (TPSA) is 45.7 Å². The summed E-state index contributed by atoms with van der Waals surface area (Å²) in [6, 6.07) is 13.2. The van der Waals surface area contributed by atoms with E-state index in [0.29, 0.717) is 0 Å². The van der Waals surface area contributed by atoms with Crippen molar-refractivity contribution in [3.63, 3.8) is 0 Å². The largest absolute Gasteiger partial charge is 0.493 e. The lowest BCUT2D eigenvalue weighted by molar-refractivity contribution is 0.357. The first-order chi connectivity index (χ1) is 12.7. The Morgan fingerprint density at radius 2 is 1.89 bits per heavy atom.